The zero-order valence-corrected chi connectivity index (χ0v) is 8.66. The average Bonchev–Trinajstić information content (AvgIpc) is 2.45. The molecule has 0 nitrogen and oxygen atoms in total. The van der Waals surface area contributed by atoms with Crippen LogP contribution in [0.3, 0.4) is 0 Å². The summed E-state index contributed by atoms with van der Waals surface area (Å²) in [5.74, 6) is 0. The molecule has 0 aliphatic heterocycles. The monoisotopic (exact) mass is 184 g/mol. The van der Waals surface area contributed by atoms with E-state index in [0.717, 1.165) is 6.42 Å². The third-order valence-corrected chi connectivity index (χ3v) is 2.67. The second kappa shape index (κ2) is 4.28. The molecule has 0 heteroatoms. The molecule has 0 bridgehead atoms. The lowest BCUT2D eigenvalue weighted by Crippen LogP contribution is -1.92. The van der Waals surface area contributed by atoms with Crippen molar-refractivity contribution in [3.8, 4) is 0 Å². The van der Waals surface area contributed by atoms with E-state index in [1.165, 1.54) is 29.6 Å². The molecule has 0 aromatic rings. The van der Waals surface area contributed by atoms with Gasteiger partial charge in [-0.3, -0.25) is 0 Å². The largest absolute Gasteiger partial charge is 0.0801 e. The molecule has 2 aliphatic rings. The van der Waals surface area contributed by atoms with Gasteiger partial charge in [-0.25, -0.2) is 0 Å². The minimum atomic E-state index is 1.06. The molecule has 0 saturated carbocycles. The van der Waals surface area contributed by atoms with Gasteiger partial charge in [-0.15, -0.1) is 0 Å². The van der Waals surface area contributed by atoms with E-state index in [1.807, 2.05) is 0 Å². The third-order valence-electron chi connectivity index (χ3n) is 2.67. The van der Waals surface area contributed by atoms with Gasteiger partial charge in [0.25, 0.3) is 0 Å². The van der Waals surface area contributed by atoms with Gasteiger partial charge in [-0.2, -0.15) is 0 Å². The smallest absolute Gasteiger partial charge is 0.00885 e. The highest BCUT2D eigenvalue weighted by atomic mass is 14.1. The summed E-state index contributed by atoms with van der Waals surface area (Å²) in [5.41, 5.74) is 4.36. The van der Waals surface area contributed by atoms with Gasteiger partial charge in [-0.1, -0.05) is 48.1 Å². The average molecular weight is 184 g/mol. The van der Waals surface area contributed by atoms with Crippen LogP contribution >= 0.6 is 0 Å². The molecule has 0 spiro atoms. The first-order valence-electron chi connectivity index (χ1n) is 5.26. The fourth-order valence-corrected chi connectivity index (χ4v) is 1.87. The number of hydrogen-bond donors (Lipinski definition) is 0. The summed E-state index contributed by atoms with van der Waals surface area (Å²) in [6.07, 6.45) is 18.9. The Balaban J connectivity index is 2.23. The van der Waals surface area contributed by atoms with Crippen molar-refractivity contribution in [2.45, 2.75) is 26.2 Å². The van der Waals surface area contributed by atoms with Crippen LogP contribution in [0.25, 0.3) is 0 Å². The highest BCUT2D eigenvalue weighted by Gasteiger charge is 2.05. The van der Waals surface area contributed by atoms with Crippen molar-refractivity contribution in [1.29, 1.82) is 0 Å². The van der Waals surface area contributed by atoms with Crippen molar-refractivity contribution < 1.29 is 0 Å². The summed E-state index contributed by atoms with van der Waals surface area (Å²) < 4.78 is 0. The van der Waals surface area contributed by atoms with Crippen LogP contribution in [-0.2, 0) is 0 Å². The highest BCUT2D eigenvalue weighted by molar-refractivity contribution is 5.46. The number of rotatable bonds is 1. The van der Waals surface area contributed by atoms with Gasteiger partial charge in [0.15, 0.2) is 0 Å². The van der Waals surface area contributed by atoms with Crippen LogP contribution in [0.1, 0.15) is 26.2 Å². The quantitative estimate of drug-likeness (QED) is 0.575. The predicted molar refractivity (Wildman–Crippen MR) is 62.1 cm³/mol. The molecule has 0 aromatic heterocycles. The van der Waals surface area contributed by atoms with Crippen molar-refractivity contribution in [3.05, 3.63) is 59.3 Å². The SMILES string of the molecule is CC1=CC(C2=CC=CC=CC2)=CCC1. The molecule has 0 saturated heterocycles. The van der Waals surface area contributed by atoms with Crippen LogP contribution < -0.4 is 0 Å². The highest BCUT2D eigenvalue weighted by Crippen LogP contribution is 2.25. The Bertz CT molecular complexity index is 359. The van der Waals surface area contributed by atoms with Gasteiger partial charge < -0.3 is 0 Å². The Hall–Kier alpha value is -1.30. The molecule has 0 atom stereocenters. The fourth-order valence-electron chi connectivity index (χ4n) is 1.87. The zero-order chi connectivity index (χ0) is 9.80. The van der Waals surface area contributed by atoms with Crippen LogP contribution in [0.2, 0.25) is 0 Å². The topological polar surface area (TPSA) is 0 Å². The fraction of sp³-hybridized carbons (Fsp3) is 0.286. The lowest BCUT2D eigenvalue weighted by Gasteiger charge is -2.12. The van der Waals surface area contributed by atoms with E-state index >= 15 is 0 Å². The second-order valence-electron chi connectivity index (χ2n) is 3.90. The molecule has 14 heavy (non-hydrogen) atoms. The molecule has 0 unspecified atom stereocenters. The molecule has 0 heterocycles. The van der Waals surface area contributed by atoms with E-state index in [9.17, 15) is 0 Å². The maximum atomic E-state index is 2.35. The van der Waals surface area contributed by atoms with E-state index in [4.69, 9.17) is 0 Å². The van der Waals surface area contributed by atoms with E-state index < -0.39 is 0 Å². The summed E-state index contributed by atoms with van der Waals surface area (Å²) in [4.78, 5) is 0. The second-order valence-corrected chi connectivity index (χ2v) is 3.90. The third kappa shape index (κ3) is 2.14. The summed E-state index contributed by atoms with van der Waals surface area (Å²) in [7, 11) is 0. The normalized spacial score (nSPS) is 21.1. The van der Waals surface area contributed by atoms with Crippen molar-refractivity contribution in [2.24, 2.45) is 0 Å². The Morgan fingerprint density at radius 3 is 2.93 bits per heavy atom. The number of hydrogen-bond acceptors (Lipinski definition) is 0. The predicted octanol–water partition coefficient (Wildman–Crippen LogP) is 4.10. The molecule has 0 N–H and O–H groups in total. The molecule has 2 rings (SSSR count). The maximum absolute atomic E-state index is 2.35. The van der Waals surface area contributed by atoms with Crippen LogP contribution in [0.4, 0.5) is 0 Å². The summed E-state index contributed by atoms with van der Waals surface area (Å²) >= 11 is 0. The first-order chi connectivity index (χ1) is 6.86. The van der Waals surface area contributed by atoms with Gasteiger partial charge >= 0.3 is 0 Å². The minimum absolute atomic E-state index is 1.06. The maximum Gasteiger partial charge on any atom is -0.00885 e. The van der Waals surface area contributed by atoms with Gasteiger partial charge in [0.2, 0.25) is 0 Å². The summed E-state index contributed by atoms with van der Waals surface area (Å²) in [6.45, 7) is 2.22. The van der Waals surface area contributed by atoms with Gasteiger partial charge in [0, 0.05) is 0 Å². The van der Waals surface area contributed by atoms with Crippen LogP contribution in [0.15, 0.2) is 59.3 Å². The van der Waals surface area contributed by atoms with Crippen molar-refractivity contribution in [2.75, 3.05) is 0 Å². The van der Waals surface area contributed by atoms with E-state index in [0.29, 0.717) is 0 Å². The van der Waals surface area contributed by atoms with E-state index in [1.54, 1.807) is 0 Å². The van der Waals surface area contributed by atoms with Crippen molar-refractivity contribution >= 4 is 0 Å². The van der Waals surface area contributed by atoms with E-state index in [-0.39, 0.29) is 0 Å². The lowest BCUT2D eigenvalue weighted by molar-refractivity contribution is 0.944. The Kier molecular flexibility index (Phi) is 2.83. The molecule has 72 valence electrons. The Labute approximate surface area is 86.0 Å². The first kappa shape index (κ1) is 9.26. The van der Waals surface area contributed by atoms with Gasteiger partial charge in [0.05, 0.1) is 0 Å². The van der Waals surface area contributed by atoms with Crippen molar-refractivity contribution in [3.63, 3.8) is 0 Å². The molecule has 0 aromatic carbocycles. The first-order valence-corrected chi connectivity index (χ1v) is 5.26. The van der Waals surface area contributed by atoms with Crippen LogP contribution in [0, 0.1) is 0 Å². The number of allylic oxidation sites excluding steroid dienone is 10. The van der Waals surface area contributed by atoms with E-state index in [2.05, 4.69) is 49.5 Å². The minimum Gasteiger partial charge on any atom is -0.0801 e. The standard InChI is InChI=1S/C14H16/c1-12-7-6-10-14(11-12)13-8-4-2-3-5-9-13/h2-5,8,10-11H,6-7,9H2,1H3. The van der Waals surface area contributed by atoms with Crippen LogP contribution in [0.5, 0.6) is 0 Å². The molecule has 0 radical (unpaired) electrons. The molecule has 0 amide bonds. The molecule has 2 aliphatic carbocycles. The molecular weight excluding hydrogens is 168 g/mol. The van der Waals surface area contributed by atoms with Crippen molar-refractivity contribution in [1.82, 2.24) is 0 Å². The Morgan fingerprint density at radius 1 is 1.14 bits per heavy atom. The lowest BCUT2D eigenvalue weighted by atomic mass is 9.93. The molecular formula is C14H16. The van der Waals surface area contributed by atoms with Gasteiger partial charge in [-0.05, 0) is 37.3 Å². The van der Waals surface area contributed by atoms with Crippen LogP contribution in [-0.4, -0.2) is 0 Å². The Morgan fingerprint density at radius 2 is 2.07 bits per heavy atom. The molecule has 0 fully saturated rings. The zero-order valence-electron chi connectivity index (χ0n) is 8.66. The summed E-state index contributed by atoms with van der Waals surface area (Å²) in [6, 6.07) is 0. The van der Waals surface area contributed by atoms with Gasteiger partial charge in [0.1, 0.15) is 0 Å². The summed E-state index contributed by atoms with van der Waals surface area (Å²) in [5, 5.41) is 0.